The van der Waals surface area contributed by atoms with E-state index in [9.17, 15) is 0 Å². The van der Waals surface area contributed by atoms with Crippen molar-refractivity contribution in [2.45, 2.75) is 40.2 Å². The maximum atomic E-state index is 5.81. The Morgan fingerprint density at radius 1 is 1.29 bits per heavy atom. The molecule has 1 aromatic carbocycles. The van der Waals surface area contributed by atoms with E-state index in [0.29, 0.717) is 0 Å². The summed E-state index contributed by atoms with van der Waals surface area (Å²) in [7, 11) is 0. The van der Waals surface area contributed by atoms with E-state index in [1.807, 2.05) is 12.1 Å². The largest absolute Gasteiger partial charge is 0.399 e. The molecule has 1 rings (SSSR count). The van der Waals surface area contributed by atoms with E-state index in [2.05, 4.69) is 37.8 Å². The lowest BCUT2D eigenvalue weighted by molar-refractivity contribution is 0.234. The van der Waals surface area contributed by atoms with Crippen molar-refractivity contribution in [3.63, 3.8) is 0 Å². The summed E-state index contributed by atoms with van der Waals surface area (Å²) >= 11 is 0. The van der Waals surface area contributed by atoms with E-state index in [0.717, 1.165) is 24.7 Å². The van der Waals surface area contributed by atoms with Gasteiger partial charge in [-0.1, -0.05) is 39.3 Å². The Morgan fingerprint density at radius 3 is 2.65 bits per heavy atom. The quantitative estimate of drug-likeness (QED) is 0.731. The number of hydrogen-bond acceptors (Lipinski definition) is 2. The third kappa shape index (κ3) is 5.22. The summed E-state index contributed by atoms with van der Waals surface area (Å²) in [6.07, 6.45) is 2.59. The minimum Gasteiger partial charge on any atom is -0.399 e. The van der Waals surface area contributed by atoms with Gasteiger partial charge < -0.3 is 5.73 Å². The summed E-state index contributed by atoms with van der Waals surface area (Å²) < 4.78 is 0. The Labute approximate surface area is 106 Å². The summed E-state index contributed by atoms with van der Waals surface area (Å²) in [4.78, 5) is 2.50. The van der Waals surface area contributed by atoms with E-state index < -0.39 is 0 Å². The van der Waals surface area contributed by atoms with Crippen molar-refractivity contribution in [3.05, 3.63) is 29.8 Å². The van der Waals surface area contributed by atoms with E-state index in [1.54, 1.807) is 0 Å². The molecule has 96 valence electrons. The number of hydrogen-bond donors (Lipinski definition) is 1. The smallest absolute Gasteiger partial charge is 0.0317 e. The van der Waals surface area contributed by atoms with Crippen LogP contribution < -0.4 is 5.73 Å². The number of rotatable bonds is 7. The second-order valence-electron chi connectivity index (χ2n) is 4.97. The third-order valence-electron chi connectivity index (χ3n) is 3.16. The molecule has 0 radical (unpaired) electrons. The van der Waals surface area contributed by atoms with Crippen LogP contribution in [0.5, 0.6) is 0 Å². The highest BCUT2D eigenvalue weighted by Gasteiger charge is 2.08. The first-order valence-electron chi connectivity index (χ1n) is 6.72. The normalized spacial score (nSPS) is 12.9. The molecule has 0 amide bonds. The molecule has 2 N–H and O–H groups in total. The lowest BCUT2D eigenvalue weighted by atomic mass is 10.1. The molecule has 0 heterocycles. The number of benzene rings is 1. The number of nitrogens with zero attached hydrogens (tertiary/aromatic N) is 1. The second-order valence-corrected chi connectivity index (χ2v) is 4.97. The molecule has 0 saturated carbocycles. The molecule has 2 heteroatoms. The van der Waals surface area contributed by atoms with Gasteiger partial charge in [-0.2, -0.15) is 0 Å². The fourth-order valence-electron chi connectivity index (χ4n) is 2.28. The van der Waals surface area contributed by atoms with Crippen LogP contribution >= 0.6 is 0 Å². The molecule has 0 aliphatic heterocycles. The van der Waals surface area contributed by atoms with Gasteiger partial charge >= 0.3 is 0 Å². The molecule has 0 bridgehead atoms. The predicted octanol–water partition coefficient (Wildman–Crippen LogP) is 3.53. The number of nitrogens with two attached hydrogens (primary N) is 1. The third-order valence-corrected chi connectivity index (χ3v) is 3.16. The molecule has 2 nitrogen and oxygen atoms in total. The Morgan fingerprint density at radius 2 is 2.06 bits per heavy atom. The molecule has 1 atom stereocenters. The van der Waals surface area contributed by atoms with Crippen LogP contribution in [0.4, 0.5) is 5.69 Å². The van der Waals surface area contributed by atoms with Crippen LogP contribution in [0.15, 0.2) is 24.3 Å². The van der Waals surface area contributed by atoms with Gasteiger partial charge in [-0.3, -0.25) is 4.90 Å². The molecule has 0 saturated heterocycles. The fraction of sp³-hybridized carbons (Fsp3) is 0.600. The van der Waals surface area contributed by atoms with Gasteiger partial charge in [-0.25, -0.2) is 0 Å². The van der Waals surface area contributed by atoms with Crippen molar-refractivity contribution >= 4 is 5.69 Å². The first-order valence-corrected chi connectivity index (χ1v) is 6.72. The van der Waals surface area contributed by atoms with Crippen LogP contribution in [-0.4, -0.2) is 18.0 Å². The standard InChI is InChI=1S/C15H26N2/c1-4-7-13(3)11-17(5-2)12-14-8-6-9-15(16)10-14/h6,8-10,13H,4-5,7,11-12,16H2,1-3H3. The summed E-state index contributed by atoms with van der Waals surface area (Å²) in [5.74, 6) is 0.779. The summed E-state index contributed by atoms with van der Waals surface area (Å²) in [5.41, 5.74) is 7.98. The zero-order valence-corrected chi connectivity index (χ0v) is 11.4. The van der Waals surface area contributed by atoms with E-state index >= 15 is 0 Å². The van der Waals surface area contributed by atoms with Gasteiger partial charge in [-0.15, -0.1) is 0 Å². The van der Waals surface area contributed by atoms with Gasteiger partial charge in [0.05, 0.1) is 0 Å². The lowest BCUT2D eigenvalue weighted by Gasteiger charge is -2.24. The highest BCUT2D eigenvalue weighted by molar-refractivity contribution is 5.40. The van der Waals surface area contributed by atoms with Crippen molar-refractivity contribution < 1.29 is 0 Å². The van der Waals surface area contributed by atoms with Crippen molar-refractivity contribution in [2.24, 2.45) is 5.92 Å². The molecular formula is C15H26N2. The Kier molecular flexibility index (Phi) is 6.06. The Hall–Kier alpha value is -1.02. The Bertz CT molecular complexity index is 322. The van der Waals surface area contributed by atoms with Gasteiger partial charge in [-0.05, 0) is 36.6 Å². The number of anilines is 1. The molecule has 0 spiro atoms. The average molecular weight is 234 g/mol. The van der Waals surface area contributed by atoms with Gasteiger partial charge in [0.15, 0.2) is 0 Å². The van der Waals surface area contributed by atoms with Crippen LogP contribution in [0.3, 0.4) is 0 Å². The van der Waals surface area contributed by atoms with Crippen molar-refractivity contribution in [3.8, 4) is 0 Å². The molecule has 0 aliphatic carbocycles. The molecular weight excluding hydrogens is 208 g/mol. The van der Waals surface area contributed by atoms with Crippen LogP contribution in [-0.2, 0) is 6.54 Å². The monoisotopic (exact) mass is 234 g/mol. The topological polar surface area (TPSA) is 29.3 Å². The fourth-order valence-corrected chi connectivity index (χ4v) is 2.28. The maximum absolute atomic E-state index is 5.81. The first-order chi connectivity index (χ1) is 8.15. The van der Waals surface area contributed by atoms with Gasteiger partial charge in [0, 0.05) is 18.8 Å². The van der Waals surface area contributed by atoms with Gasteiger partial charge in [0.1, 0.15) is 0 Å². The number of nitrogen functional groups attached to an aromatic ring is 1. The zero-order chi connectivity index (χ0) is 12.7. The van der Waals surface area contributed by atoms with Crippen LogP contribution in [0.2, 0.25) is 0 Å². The van der Waals surface area contributed by atoms with E-state index in [-0.39, 0.29) is 0 Å². The van der Waals surface area contributed by atoms with Crippen molar-refractivity contribution in [1.82, 2.24) is 4.90 Å². The van der Waals surface area contributed by atoms with Gasteiger partial charge in [0.2, 0.25) is 0 Å². The first kappa shape index (κ1) is 14.0. The van der Waals surface area contributed by atoms with E-state index in [4.69, 9.17) is 5.73 Å². The van der Waals surface area contributed by atoms with Crippen molar-refractivity contribution in [2.75, 3.05) is 18.8 Å². The second kappa shape index (κ2) is 7.33. The summed E-state index contributed by atoms with van der Waals surface area (Å²) in [5, 5.41) is 0. The summed E-state index contributed by atoms with van der Waals surface area (Å²) in [6.45, 7) is 10.1. The molecule has 0 fully saturated rings. The molecule has 1 unspecified atom stereocenters. The SMILES string of the molecule is CCCC(C)CN(CC)Cc1cccc(N)c1. The van der Waals surface area contributed by atoms with Crippen LogP contribution in [0.25, 0.3) is 0 Å². The van der Waals surface area contributed by atoms with Crippen LogP contribution in [0, 0.1) is 5.92 Å². The van der Waals surface area contributed by atoms with Crippen molar-refractivity contribution in [1.29, 1.82) is 0 Å². The van der Waals surface area contributed by atoms with Crippen LogP contribution in [0.1, 0.15) is 39.2 Å². The summed E-state index contributed by atoms with van der Waals surface area (Å²) in [6, 6.07) is 8.21. The highest BCUT2D eigenvalue weighted by Crippen LogP contribution is 2.13. The lowest BCUT2D eigenvalue weighted by Crippen LogP contribution is -2.28. The molecule has 0 aromatic heterocycles. The minimum absolute atomic E-state index is 0.779. The Balaban J connectivity index is 2.51. The molecule has 17 heavy (non-hydrogen) atoms. The highest BCUT2D eigenvalue weighted by atomic mass is 15.1. The zero-order valence-electron chi connectivity index (χ0n) is 11.4. The maximum Gasteiger partial charge on any atom is 0.0317 e. The predicted molar refractivity (Wildman–Crippen MR) is 75.9 cm³/mol. The van der Waals surface area contributed by atoms with Gasteiger partial charge in [0.25, 0.3) is 0 Å². The molecule has 0 aliphatic rings. The average Bonchev–Trinajstić information content (AvgIpc) is 2.28. The minimum atomic E-state index is 0.779. The van der Waals surface area contributed by atoms with E-state index in [1.165, 1.54) is 24.9 Å². The molecule has 1 aromatic rings.